The summed E-state index contributed by atoms with van der Waals surface area (Å²) in [6.45, 7) is 2.49. The van der Waals surface area contributed by atoms with Gasteiger partial charge in [-0.2, -0.15) is 0 Å². The third-order valence-corrected chi connectivity index (χ3v) is 8.58. The summed E-state index contributed by atoms with van der Waals surface area (Å²) in [6, 6.07) is 22.1. The minimum absolute atomic E-state index is 0.130. The predicted octanol–water partition coefficient (Wildman–Crippen LogP) is 2.81. The fourth-order valence-corrected chi connectivity index (χ4v) is 5.54. The maximum absolute atomic E-state index is 12.2. The van der Waals surface area contributed by atoms with Crippen molar-refractivity contribution in [2.45, 2.75) is 32.4 Å². The number of ether oxygens (including phenoxy) is 1. The summed E-state index contributed by atoms with van der Waals surface area (Å²) in [6.07, 6.45) is -2.02. The Bertz CT molecular complexity index is 1560. The van der Waals surface area contributed by atoms with Gasteiger partial charge in [0.15, 0.2) is 5.78 Å². The number of carboxylic acid groups (broad SMARTS) is 2. The van der Waals surface area contributed by atoms with E-state index in [-0.39, 0.29) is 18.8 Å². The van der Waals surface area contributed by atoms with Gasteiger partial charge in [-0.25, -0.2) is 14.4 Å². The molecule has 2 amide bonds. The Balaban J connectivity index is 0.000000347. The summed E-state index contributed by atoms with van der Waals surface area (Å²) >= 11 is 0. The number of hydrogen-bond donors (Lipinski definition) is 4. The summed E-state index contributed by atoms with van der Waals surface area (Å²) in [5.41, 5.74) is 0.130. The molecule has 0 bridgehead atoms. The lowest BCUT2D eigenvalue weighted by Crippen LogP contribution is -2.54. The zero-order chi connectivity index (χ0) is 36.3. The molecule has 0 saturated carbocycles. The zero-order valence-corrected chi connectivity index (χ0v) is 28.4. The molecule has 17 heteroatoms. The van der Waals surface area contributed by atoms with Crippen LogP contribution >= 0.6 is 16.1 Å². The van der Waals surface area contributed by atoms with E-state index in [0.29, 0.717) is 10.6 Å². The minimum Gasteiger partial charge on any atom is -0.481 e. The van der Waals surface area contributed by atoms with Crippen LogP contribution in [0.2, 0.25) is 0 Å². The fourth-order valence-electron chi connectivity index (χ4n) is 3.69. The first kappa shape index (κ1) is 40.2. The zero-order valence-electron chi connectivity index (χ0n) is 26.4. The highest BCUT2D eigenvalue weighted by Crippen LogP contribution is 2.23. The molecule has 15 nitrogen and oxygen atoms in total. The van der Waals surface area contributed by atoms with E-state index >= 15 is 0 Å². The number of carbonyl (C=O) groups excluding carboxylic acids is 4. The Kier molecular flexibility index (Phi) is 17.3. The molecule has 0 aliphatic rings. The van der Waals surface area contributed by atoms with E-state index in [2.05, 4.69) is 10.1 Å². The first-order valence-electron chi connectivity index (χ1n) is 14.6. The van der Waals surface area contributed by atoms with Crippen molar-refractivity contribution in [2.24, 2.45) is 5.92 Å². The van der Waals surface area contributed by atoms with Crippen molar-refractivity contribution in [1.29, 1.82) is 0 Å². The number of amides is 2. The van der Waals surface area contributed by atoms with Crippen molar-refractivity contribution in [3.63, 3.8) is 0 Å². The van der Waals surface area contributed by atoms with Crippen molar-refractivity contribution in [1.82, 2.24) is 10.6 Å². The Labute approximate surface area is 282 Å². The smallest absolute Gasteiger partial charge is 0.415 e. The third kappa shape index (κ3) is 15.2. The monoisotopic (exact) mass is 718 g/mol. The lowest BCUT2D eigenvalue weighted by Gasteiger charge is -2.23. The molecule has 2 unspecified atom stereocenters. The van der Waals surface area contributed by atoms with Gasteiger partial charge in [0.1, 0.15) is 25.3 Å². The average molecular weight is 719 g/mol. The van der Waals surface area contributed by atoms with Gasteiger partial charge in [0, 0.05) is 10.6 Å². The Morgan fingerprint density at radius 3 is 1.55 bits per heavy atom. The van der Waals surface area contributed by atoms with Gasteiger partial charge < -0.3 is 34.6 Å². The summed E-state index contributed by atoms with van der Waals surface area (Å²) in [5, 5.41) is 23.0. The van der Waals surface area contributed by atoms with Crippen LogP contribution in [-0.2, 0) is 42.1 Å². The standard InChI is InChI=1S/C17H20N2O8.C15H16O5P2/c1-9(2)13(14(22)18-11(15(23)24)8-12(20)21)19-17(26)27-16(25)10-6-4-3-5-7-10;16-13(11-19-21(17)14-7-3-1-4-8-14)12-20-22(18)15-9-5-2-6-10-15/h3-7,9,11,13H,8H2,1-2H3,(H,18,22)(H,19,26)(H,20,21)(H,23,24);1-10,21-22H,11-12H2/t11-,13-;/m0./s1. The van der Waals surface area contributed by atoms with Crippen molar-refractivity contribution >= 4 is 62.4 Å². The van der Waals surface area contributed by atoms with Crippen LogP contribution in [0.4, 0.5) is 4.79 Å². The van der Waals surface area contributed by atoms with E-state index < -0.39 is 76.2 Å². The summed E-state index contributed by atoms with van der Waals surface area (Å²) in [7, 11) is -4.90. The average Bonchev–Trinajstić information content (AvgIpc) is 3.09. The van der Waals surface area contributed by atoms with E-state index in [1.54, 1.807) is 92.7 Å². The number of esters is 1. The van der Waals surface area contributed by atoms with Gasteiger partial charge in [-0.1, -0.05) is 68.4 Å². The molecule has 0 fully saturated rings. The van der Waals surface area contributed by atoms with E-state index in [1.165, 1.54) is 12.1 Å². The molecule has 4 N–H and O–H groups in total. The molecule has 0 heterocycles. The number of carboxylic acids is 2. The fraction of sp³-hybridized carbons (Fsp3) is 0.250. The van der Waals surface area contributed by atoms with Crippen LogP contribution in [0.3, 0.4) is 0 Å². The van der Waals surface area contributed by atoms with Gasteiger partial charge in [-0.15, -0.1) is 0 Å². The predicted molar refractivity (Wildman–Crippen MR) is 178 cm³/mol. The van der Waals surface area contributed by atoms with Gasteiger partial charge in [0.2, 0.25) is 22.0 Å². The molecule has 49 heavy (non-hydrogen) atoms. The number of aliphatic carboxylic acids is 2. The largest absolute Gasteiger partial charge is 0.481 e. The number of alkyl carbamates (subject to hydrolysis) is 1. The highest BCUT2D eigenvalue weighted by Gasteiger charge is 2.30. The number of hydrogen-bond acceptors (Lipinski definition) is 11. The van der Waals surface area contributed by atoms with Gasteiger partial charge >= 0.3 is 24.0 Å². The van der Waals surface area contributed by atoms with E-state index in [1.807, 2.05) is 5.32 Å². The van der Waals surface area contributed by atoms with Crippen molar-refractivity contribution in [2.75, 3.05) is 13.2 Å². The lowest BCUT2D eigenvalue weighted by atomic mass is 10.0. The summed E-state index contributed by atoms with van der Waals surface area (Å²) < 4.78 is 38.4. The summed E-state index contributed by atoms with van der Waals surface area (Å²) in [4.78, 5) is 69.4. The number of Topliss-reactive ketones (excluding diaryl/α,β-unsaturated/α-hetero) is 1. The molecule has 3 aromatic rings. The topological polar surface area (TPSA) is 229 Å². The lowest BCUT2D eigenvalue weighted by molar-refractivity contribution is -0.147. The van der Waals surface area contributed by atoms with Crippen LogP contribution in [0.25, 0.3) is 0 Å². The Morgan fingerprint density at radius 2 is 1.14 bits per heavy atom. The van der Waals surface area contributed by atoms with Crippen LogP contribution in [0.5, 0.6) is 0 Å². The number of carbonyl (C=O) groups is 6. The van der Waals surface area contributed by atoms with Gasteiger partial charge in [-0.3, -0.25) is 23.5 Å². The Hall–Kier alpha value is -4.94. The van der Waals surface area contributed by atoms with Gasteiger partial charge in [-0.05, 0) is 42.3 Å². The van der Waals surface area contributed by atoms with Crippen LogP contribution in [0.15, 0.2) is 91.0 Å². The number of benzene rings is 3. The molecule has 0 saturated heterocycles. The number of nitrogens with one attached hydrogen (secondary N) is 2. The van der Waals surface area contributed by atoms with Crippen LogP contribution in [0, 0.1) is 5.92 Å². The van der Waals surface area contributed by atoms with E-state index in [9.17, 15) is 37.9 Å². The van der Waals surface area contributed by atoms with E-state index in [4.69, 9.17) is 19.3 Å². The maximum Gasteiger partial charge on any atom is 0.415 e. The molecular weight excluding hydrogens is 682 g/mol. The molecule has 0 aromatic heterocycles. The Morgan fingerprint density at radius 1 is 0.694 bits per heavy atom. The molecule has 0 radical (unpaired) electrons. The third-order valence-electron chi connectivity index (χ3n) is 6.16. The van der Waals surface area contributed by atoms with Gasteiger partial charge in [0.05, 0.1) is 12.0 Å². The van der Waals surface area contributed by atoms with E-state index in [0.717, 1.165) is 0 Å². The molecule has 262 valence electrons. The first-order valence-corrected chi connectivity index (χ1v) is 17.2. The molecule has 0 aliphatic heterocycles. The molecule has 4 atom stereocenters. The number of rotatable bonds is 16. The van der Waals surface area contributed by atoms with Crippen LogP contribution < -0.4 is 21.2 Å². The highest BCUT2D eigenvalue weighted by atomic mass is 31.1. The minimum atomic E-state index is -2.45. The summed E-state index contributed by atoms with van der Waals surface area (Å²) in [5.74, 6) is -5.68. The molecule has 3 aromatic carbocycles. The molecule has 3 rings (SSSR count). The van der Waals surface area contributed by atoms with Crippen molar-refractivity contribution in [3.05, 3.63) is 96.6 Å². The second kappa shape index (κ2) is 21.1. The second-order valence-corrected chi connectivity index (χ2v) is 13.2. The van der Waals surface area contributed by atoms with Gasteiger partial charge in [0.25, 0.3) is 0 Å². The molecule has 0 aliphatic carbocycles. The van der Waals surface area contributed by atoms with Crippen molar-refractivity contribution in [3.8, 4) is 0 Å². The quantitative estimate of drug-likeness (QED) is 0.0950. The van der Waals surface area contributed by atoms with Crippen LogP contribution in [-0.4, -0.2) is 71.2 Å². The van der Waals surface area contributed by atoms with Crippen LogP contribution in [0.1, 0.15) is 30.6 Å². The molecule has 0 spiro atoms. The first-order chi connectivity index (χ1) is 23.3. The number of ketones is 1. The molecular formula is C32H36N2O13P2. The second-order valence-electron chi connectivity index (χ2n) is 10.3. The van der Waals surface area contributed by atoms with Crippen molar-refractivity contribution < 1.29 is 61.9 Å². The SMILES string of the molecule is CC(C)[C@H](NC(=O)OC(=O)c1ccccc1)C(=O)N[C@@H](CC(=O)O)C(=O)O.O=C(CO[PH](=O)c1ccccc1)CO[PH](=O)c1ccccc1. The highest BCUT2D eigenvalue weighted by molar-refractivity contribution is 7.48. The maximum atomic E-state index is 12.2. The normalized spacial score (nSPS) is 13.0.